The van der Waals surface area contributed by atoms with E-state index in [-0.39, 0.29) is 18.6 Å². The lowest BCUT2D eigenvalue weighted by Gasteiger charge is -2.19. The van der Waals surface area contributed by atoms with Gasteiger partial charge in [-0.25, -0.2) is 0 Å². The van der Waals surface area contributed by atoms with Crippen LogP contribution in [0.5, 0.6) is 5.75 Å². The zero-order chi connectivity index (χ0) is 27.8. The third-order valence-electron chi connectivity index (χ3n) is 6.32. The number of amides is 1. The number of anilines is 3. The average molecular weight is 528 g/mol. The van der Waals surface area contributed by atoms with Crippen LogP contribution in [-0.4, -0.2) is 67.0 Å². The minimum absolute atomic E-state index is 0.0474. The SMILES string of the molecule is C=C(C)c1cccc(Nc2c(C#N)cnc3cc(OC4CCOC4)c(NC(=O)/C=C/CN(C)CCO)cc23)c1. The van der Waals surface area contributed by atoms with Crippen LogP contribution in [0, 0.1) is 11.3 Å². The number of aliphatic hydroxyl groups is 1. The van der Waals surface area contributed by atoms with Crippen molar-refractivity contribution in [1.82, 2.24) is 9.88 Å². The number of ether oxygens (including phenoxy) is 2. The molecule has 0 radical (unpaired) electrons. The van der Waals surface area contributed by atoms with Gasteiger partial charge < -0.3 is 30.1 Å². The van der Waals surface area contributed by atoms with Gasteiger partial charge in [0.25, 0.3) is 0 Å². The van der Waals surface area contributed by atoms with E-state index in [2.05, 4.69) is 28.3 Å². The van der Waals surface area contributed by atoms with E-state index < -0.39 is 0 Å². The fourth-order valence-electron chi connectivity index (χ4n) is 4.20. The predicted molar refractivity (Wildman–Crippen MR) is 153 cm³/mol. The van der Waals surface area contributed by atoms with Gasteiger partial charge in [0, 0.05) is 48.9 Å². The molecule has 0 spiro atoms. The molecule has 9 heteroatoms. The molecule has 3 N–H and O–H groups in total. The summed E-state index contributed by atoms with van der Waals surface area (Å²) in [5.74, 6) is 0.150. The van der Waals surface area contributed by atoms with Crippen LogP contribution in [-0.2, 0) is 9.53 Å². The Labute approximate surface area is 228 Å². The standard InChI is InChI=1S/C30H33N5O4/c1-20(2)21-6-4-7-23(14-21)33-30-22(17-31)18-32-26-16-28(39-24-9-13-38-19-24)27(15-25(26)30)34-29(37)8-5-10-35(3)11-12-36/h4-8,14-16,18,24,36H,1,9-13,19H2,2-3H3,(H,32,33)(H,34,37)/b8-5+. The third-order valence-corrected chi connectivity index (χ3v) is 6.32. The fraction of sp³-hybridized carbons (Fsp3) is 0.300. The summed E-state index contributed by atoms with van der Waals surface area (Å²) in [5.41, 5.74) is 4.72. The Hall–Kier alpha value is -4.23. The molecule has 2 heterocycles. The molecule has 202 valence electrons. The van der Waals surface area contributed by atoms with Gasteiger partial charge in [-0.2, -0.15) is 5.26 Å². The molecule has 1 aliphatic heterocycles. The van der Waals surface area contributed by atoms with Crippen molar-refractivity contribution in [1.29, 1.82) is 5.26 Å². The number of hydrogen-bond donors (Lipinski definition) is 3. The maximum absolute atomic E-state index is 12.8. The van der Waals surface area contributed by atoms with Gasteiger partial charge in [-0.1, -0.05) is 30.4 Å². The number of fused-ring (bicyclic) bond motifs is 1. The second kappa shape index (κ2) is 13.0. The van der Waals surface area contributed by atoms with E-state index in [1.54, 1.807) is 18.2 Å². The molecule has 39 heavy (non-hydrogen) atoms. The lowest BCUT2D eigenvalue weighted by atomic mass is 10.1. The highest BCUT2D eigenvalue weighted by atomic mass is 16.5. The summed E-state index contributed by atoms with van der Waals surface area (Å²) >= 11 is 0. The first kappa shape index (κ1) is 27.8. The van der Waals surface area contributed by atoms with Gasteiger partial charge in [0.1, 0.15) is 17.9 Å². The number of nitrogens with zero attached hydrogens (tertiary/aromatic N) is 3. The highest BCUT2D eigenvalue weighted by Gasteiger charge is 2.21. The summed E-state index contributed by atoms with van der Waals surface area (Å²) in [5, 5.41) is 25.9. The topological polar surface area (TPSA) is 120 Å². The van der Waals surface area contributed by atoms with Gasteiger partial charge in [-0.05, 0) is 37.7 Å². The maximum Gasteiger partial charge on any atom is 0.248 e. The second-order valence-electron chi connectivity index (χ2n) is 9.49. The molecular weight excluding hydrogens is 494 g/mol. The van der Waals surface area contributed by atoms with Crippen molar-refractivity contribution in [3.05, 3.63) is 72.5 Å². The molecule has 9 nitrogen and oxygen atoms in total. The Morgan fingerprint density at radius 1 is 1.38 bits per heavy atom. The Morgan fingerprint density at radius 2 is 2.23 bits per heavy atom. The Morgan fingerprint density at radius 3 is 2.95 bits per heavy atom. The summed E-state index contributed by atoms with van der Waals surface area (Å²) < 4.78 is 11.7. The van der Waals surface area contributed by atoms with Gasteiger partial charge in [0.2, 0.25) is 5.91 Å². The Kier molecular flexibility index (Phi) is 9.28. The fourth-order valence-corrected chi connectivity index (χ4v) is 4.20. The smallest absolute Gasteiger partial charge is 0.248 e. The van der Waals surface area contributed by atoms with Gasteiger partial charge in [0.15, 0.2) is 0 Å². The minimum atomic E-state index is -0.327. The van der Waals surface area contributed by atoms with Crippen LogP contribution in [0.1, 0.15) is 24.5 Å². The summed E-state index contributed by atoms with van der Waals surface area (Å²) in [6.07, 6.45) is 5.32. The lowest BCUT2D eigenvalue weighted by Crippen LogP contribution is -2.22. The number of aromatic nitrogens is 1. The number of likely N-dealkylation sites (N-methyl/N-ethyl adjacent to an activating group) is 1. The molecule has 1 unspecified atom stereocenters. The number of pyridine rings is 1. The van der Waals surface area contributed by atoms with Crippen LogP contribution in [0.15, 0.2) is 61.3 Å². The van der Waals surface area contributed by atoms with E-state index in [4.69, 9.17) is 14.6 Å². The number of carbonyl (C=O) groups excluding carboxylic acids is 1. The monoisotopic (exact) mass is 527 g/mol. The first-order chi connectivity index (χ1) is 18.9. The van der Waals surface area contributed by atoms with E-state index in [1.807, 2.05) is 43.1 Å². The van der Waals surface area contributed by atoms with Crippen molar-refractivity contribution in [2.75, 3.05) is 50.6 Å². The molecule has 1 saturated heterocycles. The molecule has 1 atom stereocenters. The first-order valence-corrected chi connectivity index (χ1v) is 12.8. The quantitative estimate of drug-likeness (QED) is 0.313. The molecule has 0 bridgehead atoms. The normalized spacial score (nSPS) is 15.0. The molecule has 2 aromatic carbocycles. The highest BCUT2D eigenvalue weighted by molar-refractivity contribution is 6.05. The summed E-state index contributed by atoms with van der Waals surface area (Å²) in [6, 6.07) is 13.6. The lowest BCUT2D eigenvalue weighted by molar-refractivity contribution is -0.111. The Balaban J connectivity index is 1.72. The predicted octanol–water partition coefficient (Wildman–Crippen LogP) is 4.47. The van der Waals surface area contributed by atoms with Crippen LogP contribution in [0.2, 0.25) is 0 Å². The van der Waals surface area contributed by atoms with E-state index in [0.717, 1.165) is 23.2 Å². The van der Waals surface area contributed by atoms with E-state index in [1.165, 1.54) is 12.3 Å². The molecule has 1 aliphatic rings. The van der Waals surface area contributed by atoms with E-state index in [9.17, 15) is 10.1 Å². The van der Waals surface area contributed by atoms with Crippen molar-refractivity contribution in [2.24, 2.45) is 0 Å². The highest BCUT2D eigenvalue weighted by Crippen LogP contribution is 2.37. The molecule has 1 aromatic heterocycles. The van der Waals surface area contributed by atoms with E-state index >= 15 is 0 Å². The van der Waals surface area contributed by atoms with Gasteiger partial charge in [0.05, 0.1) is 42.3 Å². The van der Waals surface area contributed by atoms with Crippen molar-refractivity contribution in [3.63, 3.8) is 0 Å². The Bertz CT molecular complexity index is 1420. The van der Waals surface area contributed by atoms with Gasteiger partial charge in [-0.15, -0.1) is 0 Å². The van der Waals surface area contributed by atoms with Crippen molar-refractivity contribution >= 4 is 39.4 Å². The number of hydrogen-bond acceptors (Lipinski definition) is 8. The average Bonchev–Trinajstić information content (AvgIpc) is 3.43. The van der Waals surface area contributed by atoms with Crippen LogP contribution >= 0.6 is 0 Å². The molecule has 0 aliphatic carbocycles. The van der Waals surface area contributed by atoms with Crippen LogP contribution in [0.3, 0.4) is 0 Å². The maximum atomic E-state index is 12.8. The minimum Gasteiger partial charge on any atom is -0.486 e. The van der Waals surface area contributed by atoms with E-state index in [0.29, 0.717) is 59.9 Å². The van der Waals surface area contributed by atoms with Gasteiger partial charge >= 0.3 is 0 Å². The molecule has 4 rings (SSSR count). The second-order valence-corrected chi connectivity index (χ2v) is 9.49. The summed E-state index contributed by atoms with van der Waals surface area (Å²) in [4.78, 5) is 19.2. The van der Waals surface area contributed by atoms with Crippen LogP contribution < -0.4 is 15.4 Å². The number of allylic oxidation sites excluding steroid dienone is 1. The number of benzene rings is 2. The first-order valence-electron chi connectivity index (χ1n) is 12.8. The molecule has 0 saturated carbocycles. The van der Waals surface area contributed by atoms with Crippen LogP contribution in [0.4, 0.5) is 17.1 Å². The zero-order valence-corrected chi connectivity index (χ0v) is 22.2. The summed E-state index contributed by atoms with van der Waals surface area (Å²) in [6.45, 7) is 8.11. The van der Waals surface area contributed by atoms with Crippen molar-refractivity contribution in [3.8, 4) is 11.8 Å². The largest absolute Gasteiger partial charge is 0.486 e. The van der Waals surface area contributed by atoms with Crippen LogP contribution in [0.25, 0.3) is 16.5 Å². The number of nitriles is 1. The molecule has 1 amide bonds. The molecule has 3 aromatic rings. The number of rotatable bonds is 11. The molecular formula is C30H33N5O4. The van der Waals surface area contributed by atoms with Crippen molar-refractivity contribution in [2.45, 2.75) is 19.4 Å². The number of nitrogens with one attached hydrogen (secondary N) is 2. The van der Waals surface area contributed by atoms with Crippen molar-refractivity contribution < 1.29 is 19.4 Å². The summed E-state index contributed by atoms with van der Waals surface area (Å²) in [7, 11) is 1.86. The molecule has 1 fully saturated rings. The third kappa shape index (κ3) is 7.21. The zero-order valence-electron chi connectivity index (χ0n) is 22.2. The number of aliphatic hydroxyl groups excluding tert-OH is 1. The van der Waals surface area contributed by atoms with Gasteiger partial charge in [-0.3, -0.25) is 9.78 Å². The number of carbonyl (C=O) groups is 1.